The molecule has 2 aromatic carbocycles. The molecule has 6 heteroatoms. The molecule has 4 rings (SSSR count). The largest absolute Gasteiger partial charge is 0.378 e. The molecule has 1 N–H and O–H groups in total. The molecule has 0 bridgehead atoms. The molecule has 0 spiro atoms. The number of benzene rings is 2. The molecule has 1 fully saturated rings. The van der Waals surface area contributed by atoms with Gasteiger partial charge in [-0.25, -0.2) is 0 Å². The van der Waals surface area contributed by atoms with Crippen LogP contribution in [0.15, 0.2) is 65.2 Å². The molecule has 2 aliphatic heterocycles. The summed E-state index contributed by atoms with van der Waals surface area (Å²) in [6.07, 6.45) is 3.83. The first-order chi connectivity index (χ1) is 15.6. The molecule has 0 saturated carbocycles. The van der Waals surface area contributed by atoms with Gasteiger partial charge in [0.15, 0.2) is 0 Å². The average molecular weight is 447 g/mol. The van der Waals surface area contributed by atoms with E-state index in [0.717, 1.165) is 42.2 Å². The first-order valence-electron chi connectivity index (χ1n) is 11.2. The number of nitrogens with one attached hydrogen (secondary N) is 1. The van der Waals surface area contributed by atoms with Crippen LogP contribution in [0.1, 0.15) is 30.4 Å². The second kappa shape index (κ2) is 9.81. The van der Waals surface area contributed by atoms with Crippen LogP contribution in [0.5, 0.6) is 0 Å². The van der Waals surface area contributed by atoms with Gasteiger partial charge in [-0.2, -0.15) is 5.26 Å². The summed E-state index contributed by atoms with van der Waals surface area (Å²) in [5.74, 6) is 0.698. The Morgan fingerprint density at radius 2 is 1.69 bits per heavy atom. The number of carbonyl (C=O) groups excluding carboxylic acids is 1. The maximum atomic E-state index is 13.6. The summed E-state index contributed by atoms with van der Waals surface area (Å²) in [5, 5.41) is 14.0. The van der Waals surface area contributed by atoms with Crippen LogP contribution in [-0.2, 0) is 10.2 Å². The van der Waals surface area contributed by atoms with Crippen molar-refractivity contribution >= 4 is 23.4 Å². The highest BCUT2D eigenvalue weighted by atomic mass is 32.2. The first kappa shape index (κ1) is 22.4. The Morgan fingerprint density at radius 3 is 2.31 bits per heavy atom. The van der Waals surface area contributed by atoms with Crippen LogP contribution in [0.2, 0.25) is 0 Å². The maximum absolute atomic E-state index is 13.6. The Bertz CT molecular complexity index is 1020. The van der Waals surface area contributed by atoms with Crippen molar-refractivity contribution in [3.8, 4) is 6.07 Å². The van der Waals surface area contributed by atoms with E-state index in [1.807, 2.05) is 73.6 Å². The fourth-order valence-electron chi connectivity index (χ4n) is 4.66. The topological polar surface area (TPSA) is 59.4 Å². The molecule has 2 heterocycles. The summed E-state index contributed by atoms with van der Waals surface area (Å²) < 4.78 is 0. The van der Waals surface area contributed by atoms with Crippen molar-refractivity contribution in [3.63, 3.8) is 0 Å². The summed E-state index contributed by atoms with van der Waals surface area (Å²) in [7, 11) is 3.98. The van der Waals surface area contributed by atoms with Crippen LogP contribution in [0.4, 0.5) is 5.69 Å². The van der Waals surface area contributed by atoms with Gasteiger partial charge in [0, 0.05) is 32.1 Å². The minimum atomic E-state index is -1.13. The van der Waals surface area contributed by atoms with E-state index in [2.05, 4.69) is 16.3 Å². The third kappa shape index (κ3) is 4.15. The standard InChI is InChI=1S/C26H30N4OS/c1-29(2)22-13-11-21(12-14-22)26(20-9-5-3-6-10-20)23(19-27)24(28-25(26)31)32-18-17-30-15-7-4-8-16-30/h3,5-6,9-14H,4,7-8,15-18H2,1-2H3,(H,28,31). The van der Waals surface area contributed by atoms with Gasteiger partial charge in [-0.05, 0) is 49.2 Å². The number of nitriles is 1. The van der Waals surface area contributed by atoms with Crippen LogP contribution < -0.4 is 10.2 Å². The van der Waals surface area contributed by atoms with Gasteiger partial charge < -0.3 is 15.1 Å². The van der Waals surface area contributed by atoms with E-state index in [9.17, 15) is 10.1 Å². The van der Waals surface area contributed by atoms with Gasteiger partial charge in [-0.1, -0.05) is 48.9 Å². The van der Waals surface area contributed by atoms with E-state index in [1.54, 1.807) is 11.8 Å². The summed E-state index contributed by atoms with van der Waals surface area (Å²) in [6, 6.07) is 20.0. The summed E-state index contributed by atoms with van der Waals surface area (Å²) in [6.45, 7) is 3.26. The number of hydrogen-bond acceptors (Lipinski definition) is 5. The third-order valence-corrected chi connectivity index (χ3v) is 7.39. The predicted molar refractivity (Wildman–Crippen MR) is 132 cm³/mol. The van der Waals surface area contributed by atoms with Crippen molar-refractivity contribution in [2.75, 3.05) is 44.4 Å². The second-order valence-electron chi connectivity index (χ2n) is 8.58. The van der Waals surface area contributed by atoms with E-state index in [4.69, 9.17) is 0 Å². The number of amides is 1. The molecule has 1 amide bonds. The van der Waals surface area contributed by atoms with E-state index in [1.165, 1.54) is 19.3 Å². The molecule has 2 aromatic rings. The van der Waals surface area contributed by atoms with E-state index >= 15 is 0 Å². The van der Waals surface area contributed by atoms with Crippen molar-refractivity contribution in [1.29, 1.82) is 5.26 Å². The highest BCUT2D eigenvalue weighted by Crippen LogP contribution is 2.46. The molecule has 1 atom stereocenters. The fourth-order valence-corrected chi connectivity index (χ4v) is 5.72. The Labute approximate surface area is 195 Å². The van der Waals surface area contributed by atoms with Crippen molar-refractivity contribution < 1.29 is 4.79 Å². The zero-order valence-corrected chi connectivity index (χ0v) is 19.6. The van der Waals surface area contributed by atoms with Crippen LogP contribution in [0.3, 0.4) is 0 Å². The van der Waals surface area contributed by atoms with Gasteiger partial charge in [0.2, 0.25) is 5.91 Å². The monoisotopic (exact) mass is 446 g/mol. The van der Waals surface area contributed by atoms with Gasteiger partial charge >= 0.3 is 0 Å². The number of thioether (sulfide) groups is 1. The van der Waals surface area contributed by atoms with Gasteiger partial charge in [-0.3, -0.25) is 4.79 Å². The van der Waals surface area contributed by atoms with Crippen molar-refractivity contribution in [3.05, 3.63) is 76.3 Å². The summed E-state index contributed by atoms with van der Waals surface area (Å²) >= 11 is 1.59. The summed E-state index contributed by atoms with van der Waals surface area (Å²) in [5.41, 5.74) is 2.05. The smallest absolute Gasteiger partial charge is 0.245 e. The quantitative estimate of drug-likeness (QED) is 0.693. The molecule has 32 heavy (non-hydrogen) atoms. The SMILES string of the molecule is CN(C)c1ccc(C2(c3ccccc3)C(=O)NC(SCCN3CCCCC3)=C2C#N)cc1. The molecule has 166 valence electrons. The molecule has 2 aliphatic rings. The lowest BCUT2D eigenvalue weighted by atomic mass is 9.70. The average Bonchev–Trinajstić information content (AvgIpc) is 3.12. The van der Waals surface area contributed by atoms with Crippen LogP contribution in [0, 0.1) is 11.3 Å². The van der Waals surface area contributed by atoms with E-state index in [-0.39, 0.29) is 5.91 Å². The van der Waals surface area contributed by atoms with Crippen LogP contribution in [0.25, 0.3) is 0 Å². The highest BCUT2D eigenvalue weighted by molar-refractivity contribution is 8.03. The van der Waals surface area contributed by atoms with Gasteiger partial charge in [0.05, 0.1) is 16.7 Å². The number of rotatable bonds is 7. The molecule has 0 aliphatic carbocycles. The number of likely N-dealkylation sites (tertiary alicyclic amines) is 1. The minimum absolute atomic E-state index is 0.154. The number of carbonyl (C=O) groups is 1. The van der Waals surface area contributed by atoms with E-state index in [0.29, 0.717) is 10.6 Å². The van der Waals surface area contributed by atoms with Gasteiger partial charge in [0.25, 0.3) is 0 Å². The Hall–Kier alpha value is -2.75. The van der Waals surface area contributed by atoms with E-state index < -0.39 is 5.41 Å². The summed E-state index contributed by atoms with van der Waals surface area (Å²) in [4.78, 5) is 18.1. The number of hydrogen-bond donors (Lipinski definition) is 1. The lowest BCUT2D eigenvalue weighted by molar-refractivity contribution is -0.122. The Morgan fingerprint density at radius 1 is 1.03 bits per heavy atom. The molecule has 1 unspecified atom stereocenters. The zero-order chi connectivity index (χ0) is 22.6. The molecule has 0 radical (unpaired) electrons. The minimum Gasteiger partial charge on any atom is -0.378 e. The number of nitrogens with zero attached hydrogens (tertiary/aromatic N) is 3. The zero-order valence-electron chi connectivity index (χ0n) is 18.8. The molecule has 5 nitrogen and oxygen atoms in total. The van der Waals surface area contributed by atoms with Crippen molar-refractivity contribution in [2.24, 2.45) is 0 Å². The number of anilines is 1. The highest BCUT2D eigenvalue weighted by Gasteiger charge is 2.52. The maximum Gasteiger partial charge on any atom is 0.245 e. The lowest BCUT2D eigenvalue weighted by Crippen LogP contribution is -2.39. The Kier molecular flexibility index (Phi) is 6.88. The first-order valence-corrected chi connectivity index (χ1v) is 12.2. The Balaban J connectivity index is 1.71. The van der Waals surface area contributed by atoms with Gasteiger partial charge in [-0.15, -0.1) is 11.8 Å². The molecule has 0 aromatic heterocycles. The predicted octanol–water partition coefficient (Wildman–Crippen LogP) is 4.12. The van der Waals surface area contributed by atoms with Crippen molar-refractivity contribution in [2.45, 2.75) is 24.7 Å². The second-order valence-corrected chi connectivity index (χ2v) is 9.68. The molecular weight excluding hydrogens is 416 g/mol. The molecular formula is C26H30N4OS. The van der Waals surface area contributed by atoms with Crippen molar-refractivity contribution in [1.82, 2.24) is 10.2 Å². The fraction of sp³-hybridized carbons (Fsp3) is 0.385. The third-order valence-electron chi connectivity index (χ3n) is 6.41. The lowest BCUT2D eigenvalue weighted by Gasteiger charge is -2.28. The molecule has 1 saturated heterocycles. The van der Waals surface area contributed by atoms with Gasteiger partial charge in [0.1, 0.15) is 5.41 Å². The van der Waals surface area contributed by atoms with Crippen LogP contribution >= 0.6 is 11.8 Å². The number of piperidine rings is 1. The van der Waals surface area contributed by atoms with Crippen LogP contribution in [-0.4, -0.2) is 50.3 Å². The normalized spacial score (nSPS) is 21.3.